The van der Waals surface area contributed by atoms with Gasteiger partial charge in [0.2, 0.25) is 0 Å². The van der Waals surface area contributed by atoms with Crippen molar-refractivity contribution >= 4 is 6.34 Å². The fourth-order valence-corrected chi connectivity index (χ4v) is 0.723. The number of hydrogen-bond acceptors (Lipinski definition) is 3. The van der Waals surface area contributed by atoms with Gasteiger partial charge >= 0.3 is 0 Å². The number of nitrogens with one attached hydrogen (secondary N) is 1. The highest BCUT2D eigenvalue weighted by molar-refractivity contribution is 5.59. The van der Waals surface area contributed by atoms with Gasteiger partial charge in [0.15, 0.2) is 0 Å². The van der Waals surface area contributed by atoms with Gasteiger partial charge in [0.25, 0.3) is 0 Å². The van der Waals surface area contributed by atoms with Crippen LogP contribution in [0.3, 0.4) is 0 Å². The maximum Gasteiger partial charge on any atom is 0.119 e. The minimum atomic E-state index is -0.138. The molecule has 0 spiro atoms. The smallest absolute Gasteiger partial charge is 0.119 e. The van der Waals surface area contributed by atoms with Crippen LogP contribution in [0.2, 0.25) is 0 Å². The number of aliphatic imine (C=N–C) groups is 1. The predicted molar refractivity (Wildman–Crippen MR) is 38.0 cm³/mol. The number of allylic oxidation sites excluding steroid dienone is 1. The highest BCUT2D eigenvalue weighted by Gasteiger charge is 2.00. The maximum atomic E-state index is 5.49. The molecular weight excluding hydrogens is 114 g/mol. The van der Waals surface area contributed by atoms with Crippen molar-refractivity contribution in [1.82, 2.24) is 5.32 Å². The molecule has 0 saturated carbocycles. The monoisotopic (exact) mass is 125 g/mol. The third-order valence-electron chi connectivity index (χ3n) is 1.25. The standard InChI is InChI=1S/C6H11N3/c1-2-5-3-6(7)9-4-8-5/h3-4,6H,2,7H2,1H3,(H,8,9). The van der Waals surface area contributed by atoms with Crippen LogP contribution in [0.25, 0.3) is 0 Å². The van der Waals surface area contributed by atoms with Crippen LogP contribution in [0.4, 0.5) is 0 Å². The molecule has 1 rings (SSSR count). The van der Waals surface area contributed by atoms with Crippen molar-refractivity contribution in [1.29, 1.82) is 0 Å². The number of hydrogen-bond donors (Lipinski definition) is 2. The van der Waals surface area contributed by atoms with Gasteiger partial charge in [0.05, 0.1) is 6.34 Å². The molecule has 0 fully saturated rings. The molecule has 0 aliphatic carbocycles. The van der Waals surface area contributed by atoms with Crippen LogP contribution in [0, 0.1) is 0 Å². The second-order valence-corrected chi connectivity index (χ2v) is 1.96. The zero-order chi connectivity index (χ0) is 6.69. The van der Waals surface area contributed by atoms with E-state index in [0.717, 1.165) is 12.1 Å². The lowest BCUT2D eigenvalue weighted by Gasteiger charge is -2.11. The van der Waals surface area contributed by atoms with Crippen LogP contribution >= 0.6 is 0 Å². The van der Waals surface area contributed by atoms with Crippen LogP contribution < -0.4 is 11.1 Å². The second-order valence-electron chi connectivity index (χ2n) is 1.96. The Kier molecular flexibility index (Phi) is 1.85. The first-order chi connectivity index (χ1) is 4.33. The van der Waals surface area contributed by atoms with Gasteiger partial charge in [0.1, 0.15) is 6.17 Å². The van der Waals surface area contributed by atoms with Crippen LogP contribution in [-0.4, -0.2) is 12.5 Å². The van der Waals surface area contributed by atoms with Crippen molar-refractivity contribution in [2.75, 3.05) is 0 Å². The zero-order valence-electron chi connectivity index (χ0n) is 5.46. The highest BCUT2D eigenvalue weighted by Crippen LogP contribution is 1.99. The van der Waals surface area contributed by atoms with E-state index in [-0.39, 0.29) is 6.17 Å². The van der Waals surface area contributed by atoms with Crippen molar-refractivity contribution in [3.8, 4) is 0 Å². The first kappa shape index (κ1) is 6.29. The fraction of sp³-hybridized carbons (Fsp3) is 0.500. The Morgan fingerprint density at radius 3 is 3.11 bits per heavy atom. The quantitative estimate of drug-likeness (QED) is 0.526. The minimum absolute atomic E-state index is 0.138. The Hall–Kier alpha value is -0.830. The lowest BCUT2D eigenvalue weighted by atomic mass is 10.3. The molecule has 3 nitrogen and oxygen atoms in total. The Morgan fingerprint density at radius 1 is 1.89 bits per heavy atom. The molecule has 1 aliphatic heterocycles. The van der Waals surface area contributed by atoms with Crippen molar-refractivity contribution in [2.24, 2.45) is 10.7 Å². The summed E-state index contributed by atoms with van der Waals surface area (Å²) in [6.45, 7) is 2.07. The summed E-state index contributed by atoms with van der Waals surface area (Å²) in [4.78, 5) is 3.89. The minimum Gasteiger partial charge on any atom is -0.350 e. The van der Waals surface area contributed by atoms with Crippen LogP contribution in [0.5, 0.6) is 0 Å². The number of rotatable bonds is 1. The third kappa shape index (κ3) is 1.54. The highest BCUT2D eigenvalue weighted by atomic mass is 15.0. The van der Waals surface area contributed by atoms with E-state index in [1.807, 2.05) is 6.08 Å². The summed E-state index contributed by atoms with van der Waals surface area (Å²) in [5, 5.41) is 2.99. The van der Waals surface area contributed by atoms with E-state index in [9.17, 15) is 0 Å². The molecule has 0 amide bonds. The van der Waals surface area contributed by atoms with E-state index in [1.54, 1.807) is 6.34 Å². The molecular formula is C6H11N3. The summed E-state index contributed by atoms with van der Waals surface area (Å²) in [5.41, 5.74) is 6.64. The largest absolute Gasteiger partial charge is 0.350 e. The van der Waals surface area contributed by atoms with Crippen molar-refractivity contribution in [3.05, 3.63) is 11.8 Å². The first-order valence-corrected chi connectivity index (χ1v) is 3.07. The Morgan fingerprint density at radius 2 is 2.67 bits per heavy atom. The lowest BCUT2D eigenvalue weighted by Crippen LogP contribution is -2.25. The van der Waals surface area contributed by atoms with Crippen molar-refractivity contribution in [2.45, 2.75) is 19.5 Å². The van der Waals surface area contributed by atoms with Crippen LogP contribution in [-0.2, 0) is 0 Å². The van der Waals surface area contributed by atoms with Crippen LogP contribution in [0.1, 0.15) is 13.3 Å². The Balaban J connectivity index is 2.55. The zero-order valence-corrected chi connectivity index (χ0v) is 5.46. The molecule has 9 heavy (non-hydrogen) atoms. The van der Waals surface area contributed by atoms with E-state index >= 15 is 0 Å². The summed E-state index contributed by atoms with van der Waals surface area (Å²) in [6, 6.07) is 0. The topological polar surface area (TPSA) is 50.4 Å². The van der Waals surface area contributed by atoms with E-state index in [2.05, 4.69) is 17.2 Å². The first-order valence-electron chi connectivity index (χ1n) is 3.07. The Bertz CT molecular complexity index is 148. The van der Waals surface area contributed by atoms with Crippen molar-refractivity contribution in [3.63, 3.8) is 0 Å². The molecule has 0 saturated heterocycles. The SMILES string of the molecule is CCC1=CC(N)N=CN1. The fourth-order valence-electron chi connectivity index (χ4n) is 0.723. The maximum absolute atomic E-state index is 5.49. The summed E-state index contributed by atoms with van der Waals surface area (Å²) >= 11 is 0. The predicted octanol–water partition coefficient (Wildman–Crippen LogP) is 0.197. The van der Waals surface area contributed by atoms with E-state index in [0.29, 0.717) is 0 Å². The Labute approximate surface area is 54.7 Å². The molecule has 0 radical (unpaired) electrons. The number of nitrogens with two attached hydrogens (primary N) is 1. The third-order valence-corrected chi connectivity index (χ3v) is 1.25. The molecule has 3 heteroatoms. The average Bonchev–Trinajstić information content (AvgIpc) is 1.88. The molecule has 0 aromatic rings. The summed E-state index contributed by atoms with van der Waals surface area (Å²) < 4.78 is 0. The second kappa shape index (κ2) is 2.64. The molecule has 0 bridgehead atoms. The molecule has 1 aliphatic rings. The normalized spacial score (nSPS) is 25.1. The van der Waals surface area contributed by atoms with E-state index in [4.69, 9.17) is 5.73 Å². The van der Waals surface area contributed by atoms with E-state index in [1.165, 1.54) is 0 Å². The summed E-state index contributed by atoms with van der Waals surface area (Å²) in [7, 11) is 0. The van der Waals surface area contributed by atoms with Gasteiger partial charge in [-0.2, -0.15) is 0 Å². The van der Waals surface area contributed by atoms with Gasteiger partial charge in [-0.15, -0.1) is 0 Å². The van der Waals surface area contributed by atoms with Gasteiger partial charge in [0, 0.05) is 5.70 Å². The molecule has 1 heterocycles. The van der Waals surface area contributed by atoms with Gasteiger partial charge in [-0.05, 0) is 12.5 Å². The molecule has 3 N–H and O–H groups in total. The van der Waals surface area contributed by atoms with Gasteiger partial charge in [-0.25, -0.2) is 0 Å². The summed E-state index contributed by atoms with van der Waals surface area (Å²) in [5.74, 6) is 0. The molecule has 50 valence electrons. The lowest BCUT2D eigenvalue weighted by molar-refractivity contribution is 0.810. The van der Waals surface area contributed by atoms with Gasteiger partial charge in [-0.1, -0.05) is 6.92 Å². The van der Waals surface area contributed by atoms with Crippen LogP contribution in [0.15, 0.2) is 16.8 Å². The van der Waals surface area contributed by atoms with Crippen molar-refractivity contribution < 1.29 is 0 Å². The molecule has 1 atom stereocenters. The molecule has 0 aromatic heterocycles. The molecule has 1 unspecified atom stereocenters. The number of nitrogens with zero attached hydrogens (tertiary/aromatic N) is 1. The average molecular weight is 125 g/mol. The van der Waals surface area contributed by atoms with Gasteiger partial charge < -0.3 is 11.1 Å². The van der Waals surface area contributed by atoms with E-state index < -0.39 is 0 Å². The summed E-state index contributed by atoms with van der Waals surface area (Å²) in [6.07, 6.45) is 4.41. The van der Waals surface area contributed by atoms with Gasteiger partial charge in [-0.3, -0.25) is 4.99 Å². The molecule has 0 aromatic carbocycles.